The fourth-order valence-electron chi connectivity index (χ4n) is 3.96. The van der Waals surface area contributed by atoms with Crippen molar-refractivity contribution >= 4 is 11.4 Å². The third kappa shape index (κ3) is 4.94. The lowest BCUT2D eigenvalue weighted by Crippen LogP contribution is -2.14. The van der Waals surface area contributed by atoms with Crippen LogP contribution >= 0.6 is 0 Å². The summed E-state index contributed by atoms with van der Waals surface area (Å²) >= 11 is 0. The standard InChI is InChI=1S/C29H30N2O3/c1-30(2)26-18-25(27(31(3)4)17-24(26)21-10-13-23(32)14-11-21)22-12-15-29(28(33)16-22)34-19-20-8-6-5-7-9-20/h5-18,32-33H,19H2,1-4H3. The normalized spacial score (nSPS) is 10.7. The Balaban J connectivity index is 1.73. The lowest BCUT2D eigenvalue weighted by atomic mass is 9.95. The number of aromatic hydroxyl groups is 2. The molecule has 0 bridgehead atoms. The summed E-state index contributed by atoms with van der Waals surface area (Å²) in [5.74, 6) is 0.796. The Morgan fingerprint density at radius 3 is 1.76 bits per heavy atom. The van der Waals surface area contributed by atoms with Gasteiger partial charge in [-0.2, -0.15) is 0 Å². The van der Waals surface area contributed by atoms with E-state index < -0.39 is 0 Å². The molecule has 0 aliphatic carbocycles. The quantitative estimate of drug-likeness (QED) is 0.351. The molecule has 0 fully saturated rings. The van der Waals surface area contributed by atoms with Crippen LogP contribution in [-0.4, -0.2) is 38.4 Å². The van der Waals surface area contributed by atoms with E-state index in [1.165, 1.54) is 0 Å². The molecule has 0 unspecified atom stereocenters. The molecule has 0 heterocycles. The van der Waals surface area contributed by atoms with Crippen LogP contribution in [0.4, 0.5) is 11.4 Å². The van der Waals surface area contributed by atoms with Crippen LogP contribution in [0.1, 0.15) is 5.56 Å². The third-order valence-electron chi connectivity index (χ3n) is 5.76. The first-order chi connectivity index (χ1) is 16.3. The first kappa shape index (κ1) is 23.1. The van der Waals surface area contributed by atoms with Gasteiger partial charge in [0.05, 0.1) is 0 Å². The van der Waals surface area contributed by atoms with Gasteiger partial charge in [0, 0.05) is 50.7 Å². The first-order valence-electron chi connectivity index (χ1n) is 11.2. The van der Waals surface area contributed by atoms with E-state index in [0.29, 0.717) is 12.4 Å². The van der Waals surface area contributed by atoms with Gasteiger partial charge in [-0.1, -0.05) is 48.5 Å². The van der Waals surface area contributed by atoms with Crippen molar-refractivity contribution in [3.8, 4) is 39.5 Å². The van der Waals surface area contributed by atoms with Crippen molar-refractivity contribution in [1.82, 2.24) is 0 Å². The molecule has 0 radical (unpaired) electrons. The van der Waals surface area contributed by atoms with Crippen molar-refractivity contribution in [1.29, 1.82) is 0 Å². The Kier molecular flexibility index (Phi) is 6.64. The summed E-state index contributed by atoms with van der Waals surface area (Å²) in [5.41, 5.74) is 7.07. The minimum Gasteiger partial charge on any atom is -0.508 e. The van der Waals surface area contributed by atoms with Crippen molar-refractivity contribution in [3.05, 3.63) is 90.5 Å². The number of hydrogen-bond acceptors (Lipinski definition) is 5. The zero-order chi connectivity index (χ0) is 24.2. The molecule has 0 spiro atoms. The van der Waals surface area contributed by atoms with Crippen LogP contribution in [-0.2, 0) is 6.61 Å². The van der Waals surface area contributed by atoms with Gasteiger partial charge >= 0.3 is 0 Å². The topological polar surface area (TPSA) is 56.2 Å². The zero-order valence-electron chi connectivity index (χ0n) is 20.0. The van der Waals surface area contributed by atoms with Crippen LogP contribution in [0.25, 0.3) is 22.3 Å². The van der Waals surface area contributed by atoms with E-state index in [0.717, 1.165) is 39.2 Å². The Labute approximate surface area is 201 Å². The van der Waals surface area contributed by atoms with Crippen LogP contribution in [0.15, 0.2) is 84.9 Å². The minimum atomic E-state index is 0.104. The summed E-state index contributed by atoms with van der Waals surface area (Å²) in [6, 6.07) is 26.9. The summed E-state index contributed by atoms with van der Waals surface area (Å²) in [7, 11) is 8.03. The highest BCUT2D eigenvalue weighted by atomic mass is 16.5. The average molecular weight is 455 g/mol. The fraction of sp³-hybridized carbons (Fsp3) is 0.172. The lowest BCUT2D eigenvalue weighted by molar-refractivity contribution is 0.289. The maximum Gasteiger partial charge on any atom is 0.161 e. The van der Waals surface area contributed by atoms with Crippen LogP contribution in [0, 0.1) is 0 Å². The van der Waals surface area contributed by atoms with Gasteiger partial charge < -0.3 is 24.7 Å². The molecule has 0 amide bonds. The predicted octanol–water partition coefficient (Wildman–Crippen LogP) is 6.14. The van der Waals surface area contributed by atoms with Crippen LogP contribution < -0.4 is 14.5 Å². The van der Waals surface area contributed by atoms with Crippen LogP contribution in [0.2, 0.25) is 0 Å². The molecule has 0 saturated heterocycles. The van der Waals surface area contributed by atoms with Gasteiger partial charge in [-0.15, -0.1) is 0 Å². The van der Waals surface area contributed by atoms with Gasteiger partial charge in [0.15, 0.2) is 11.5 Å². The Morgan fingerprint density at radius 2 is 1.21 bits per heavy atom. The summed E-state index contributed by atoms with van der Waals surface area (Å²) in [4.78, 5) is 4.14. The number of phenols is 2. The smallest absolute Gasteiger partial charge is 0.161 e. The van der Waals surface area contributed by atoms with Gasteiger partial charge in [0.25, 0.3) is 0 Å². The monoisotopic (exact) mass is 454 g/mol. The summed E-state index contributed by atoms with van der Waals surface area (Å²) in [5, 5.41) is 20.4. The average Bonchev–Trinajstić information content (AvgIpc) is 2.83. The van der Waals surface area contributed by atoms with Crippen LogP contribution in [0.3, 0.4) is 0 Å². The highest BCUT2D eigenvalue weighted by molar-refractivity contribution is 5.91. The molecular weight excluding hydrogens is 424 g/mol. The maximum atomic E-state index is 10.7. The SMILES string of the molecule is CN(C)c1cc(-c2ccc(OCc3ccccc3)c(O)c2)c(N(C)C)cc1-c1ccc(O)cc1. The number of benzene rings is 4. The number of phenolic OH excluding ortho intramolecular Hbond substituents is 2. The highest BCUT2D eigenvalue weighted by Crippen LogP contribution is 2.42. The maximum absolute atomic E-state index is 10.7. The number of ether oxygens (including phenoxy) is 1. The lowest BCUT2D eigenvalue weighted by Gasteiger charge is -2.25. The van der Waals surface area contributed by atoms with Crippen molar-refractivity contribution in [2.45, 2.75) is 6.61 Å². The van der Waals surface area contributed by atoms with E-state index in [2.05, 4.69) is 21.9 Å². The number of hydrogen-bond donors (Lipinski definition) is 2. The first-order valence-corrected chi connectivity index (χ1v) is 11.2. The van der Waals surface area contributed by atoms with Gasteiger partial charge in [0.1, 0.15) is 12.4 Å². The molecule has 2 N–H and O–H groups in total. The van der Waals surface area contributed by atoms with E-state index >= 15 is 0 Å². The molecule has 0 aromatic heterocycles. The van der Waals surface area contributed by atoms with E-state index in [9.17, 15) is 10.2 Å². The van der Waals surface area contributed by atoms with E-state index in [1.54, 1.807) is 18.2 Å². The minimum absolute atomic E-state index is 0.104. The molecule has 174 valence electrons. The number of anilines is 2. The molecule has 0 aliphatic rings. The molecule has 0 aliphatic heterocycles. The van der Waals surface area contributed by atoms with Gasteiger partial charge in [-0.3, -0.25) is 0 Å². The van der Waals surface area contributed by atoms with Crippen molar-refractivity contribution in [2.24, 2.45) is 0 Å². The van der Waals surface area contributed by atoms with E-state index in [4.69, 9.17) is 4.74 Å². The van der Waals surface area contributed by atoms with Gasteiger partial charge in [-0.05, 0) is 53.1 Å². The number of rotatable bonds is 7. The van der Waals surface area contributed by atoms with E-state index in [1.807, 2.05) is 82.8 Å². The van der Waals surface area contributed by atoms with Gasteiger partial charge in [-0.25, -0.2) is 0 Å². The molecule has 0 saturated carbocycles. The third-order valence-corrected chi connectivity index (χ3v) is 5.76. The fourth-order valence-corrected chi connectivity index (χ4v) is 3.96. The molecule has 5 heteroatoms. The summed E-state index contributed by atoms with van der Waals surface area (Å²) < 4.78 is 5.85. The zero-order valence-corrected chi connectivity index (χ0v) is 20.0. The largest absolute Gasteiger partial charge is 0.508 e. The Morgan fingerprint density at radius 1 is 0.647 bits per heavy atom. The summed E-state index contributed by atoms with van der Waals surface area (Å²) in [6.07, 6.45) is 0. The van der Waals surface area contributed by atoms with Crippen molar-refractivity contribution in [2.75, 3.05) is 38.0 Å². The summed E-state index contributed by atoms with van der Waals surface area (Å²) in [6.45, 7) is 0.392. The molecule has 5 nitrogen and oxygen atoms in total. The van der Waals surface area contributed by atoms with Crippen molar-refractivity contribution in [3.63, 3.8) is 0 Å². The highest BCUT2D eigenvalue weighted by Gasteiger charge is 2.17. The second-order valence-electron chi connectivity index (χ2n) is 8.68. The second-order valence-corrected chi connectivity index (χ2v) is 8.68. The van der Waals surface area contributed by atoms with Crippen molar-refractivity contribution < 1.29 is 14.9 Å². The predicted molar refractivity (Wildman–Crippen MR) is 140 cm³/mol. The molecule has 34 heavy (non-hydrogen) atoms. The Hall–Kier alpha value is -4.12. The molecule has 0 atom stereocenters. The van der Waals surface area contributed by atoms with E-state index in [-0.39, 0.29) is 11.5 Å². The number of nitrogens with zero attached hydrogens (tertiary/aromatic N) is 2. The Bertz CT molecular complexity index is 1270. The molecule has 4 aromatic carbocycles. The molecule has 4 rings (SSSR count). The molecule has 4 aromatic rings. The van der Waals surface area contributed by atoms with Crippen LogP contribution in [0.5, 0.6) is 17.2 Å². The second kappa shape index (κ2) is 9.79. The van der Waals surface area contributed by atoms with Gasteiger partial charge in [0.2, 0.25) is 0 Å². The molecular formula is C29H30N2O3.